The molecule has 0 bridgehead atoms. The molecular weight excluding hydrogens is 406 g/mol. The lowest BCUT2D eigenvalue weighted by Crippen LogP contribution is -1.81. The molecule has 0 saturated heterocycles. The monoisotopic (exact) mass is 449 g/mol. The van der Waals surface area contributed by atoms with E-state index in [0.29, 0.717) is 0 Å². The lowest BCUT2D eigenvalue weighted by molar-refractivity contribution is 0.737. The first-order chi connectivity index (χ1) is 15.5. The van der Waals surface area contributed by atoms with Gasteiger partial charge < -0.3 is 0 Å². The first-order valence-electron chi connectivity index (χ1n) is 11.9. The van der Waals surface area contributed by atoms with E-state index in [1.807, 2.05) is 40.1 Å². The standard InChI is InChI=1S/C12H12.C10H9NS.C4H10.2C2H6/c1-2-10-7-5-8-11-6-3-4-9-12(10)11;1-8-5-9(7-11-6-8)10-3-2-4-12-10;1-4(2)3;2*1-2/h3-9H,2H2,1H3;2-7H,1H3;4H,1-3H3;2*1-2H3. The maximum absolute atomic E-state index is 4.15. The van der Waals surface area contributed by atoms with Crippen molar-refractivity contribution in [3.63, 3.8) is 0 Å². The van der Waals surface area contributed by atoms with Gasteiger partial charge in [-0.25, -0.2) is 0 Å². The number of aromatic nitrogens is 1. The van der Waals surface area contributed by atoms with Crippen molar-refractivity contribution in [2.45, 2.75) is 68.7 Å². The van der Waals surface area contributed by atoms with Gasteiger partial charge in [-0.1, -0.05) is 104 Å². The Morgan fingerprint density at radius 1 is 0.812 bits per heavy atom. The van der Waals surface area contributed by atoms with E-state index in [2.05, 4.69) is 106 Å². The number of hydrogen-bond donors (Lipinski definition) is 0. The van der Waals surface area contributed by atoms with Crippen molar-refractivity contribution < 1.29 is 0 Å². The molecule has 174 valence electrons. The van der Waals surface area contributed by atoms with Gasteiger partial charge in [-0.05, 0) is 58.7 Å². The molecule has 0 aliphatic heterocycles. The zero-order valence-corrected chi connectivity index (χ0v) is 22.5. The fourth-order valence-electron chi connectivity index (χ4n) is 2.73. The van der Waals surface area contributed by atoms with Crippen LogP contribution < -0.4 is 0 Å². The molecule has 2 aromatic heterocycles. The largest absolute Gasteiger partial charge is 0.264 e. The molecule has 0 atom stereocenters. The highest BCUT2D eigenvalue weighted by molar-refractivity contribution is 7.13. The summed E-state index contributed by atoms with van der Waals surface area (Å²) in [6, 6.07) is 21.3. The molecule has 0 spiro atoms. The number of nitrogens with zero attached hydrogens (tertiary/aromatic N) is 1. The number of rotatable bonds is 2. The van der Waals surface area contributed by atoms with Crippen LogP contribution in [-0.4, -0.2) is 4.98 Å². The molecule has 4 aromatic rings. The Kier molecular flexibility index (Phi) is 16.8. The number of hydrogen-bond acceptors (Lipinski definition) is 2. The van der Waals surface area contributed by atoms with Gasteiger partial charge in [0, 0.05) is 22.8 Å². The predicted octanol–water partition coefficient (Wildman–Crippen LogP) is 10.2. The summed E-state index contributed by atoms with van der Waals surface area (Å²) >= 11 is 1.74. The third-order valence-electron chi connectivity index (χ3n) is 3.94. The third kappa shape index (κ3) is 11.2. The molecule has 0 unspecified atom stereocenters. The Morgan fingerprint density at radius 3 is 2.00 bits per heavy atom. The van der Waals surface area contributed by atoms with Gasteiger partial charge in [0.25, 0.3) is 0 Å². The highest BCUT2D eigenvalue weighted by Gasteiger charge is 1.97. The summed E-state index contributed by atoms with van der Waals surface area (Å²) in [7, 11) is 0. The molecule has 32 heavy (non-hydrogen) atoms. The first-order valence-corrected chi connectivity index (χ1v) is 12.8. The minimum Gasteiger partial charge on any atom is -0.264 e. The van der Waals surface area contributed by atoms with Gasteiger partial charge in [0.2, 0.25) is 0 Å². The molecule has 0 saturated carbocycles. The van der Waals surface area contributed by atoms with Crippen LogP contribution in [0.5, 0.6) is 0 Å². The highest BCUT2D eigenvalue weighted by atomic mass is 32.1. The smallest absolute Gasteiger partial charge is 0.0358 e. The highest BCUT2D eigenvalue weighted by Crippen LogP contribution is 2.24. The molecule has 4 rings (SSSR count). The van der Waals surface area contributed by atoms with E-state index in [1.54, 1.807) is 11.3 Å². The zero-order chi connectivity index (χ0) is 24.4. The summed E-state index contributed by atoms with van der Waals surface area (Å²) in [4.78, 5) is 5.43. The van der Waals surface area contributed by atoms with Crippen LogP contribution in [0.25, 0.3) is 21.2 Å². The Labute approximate surface area is 201 Å². The lowest BCUT2D eigenvalue weighted by atomic mass is 10.0. The summed E-state index contributed by atoms with van der Waals surface area (Å²) in [6.07, 6.45) is 4.89. The van der Waals surface area contributed by atoms with Crippen LogP contribution in [0.2, 0.25) is 0 Å². The molecule has 2 heteroatoms. The molecule has 0 radical (unpaired) electrons. The second-order valence-corrected chi connectivity index (χ2v) is 8.40. The summed E-state index contributed by atoms with van der Waals surface area (Å²) in [5.74, 6) is 0.833. The van der Waals surface area contributed by atoms with Crippen LogP contribution in [-0.2, 0) is 6.42 Å². The quantitative estimate of drug-likeness (QED) is 0.296. The van der Waals surface area contributed by atoms with Crippen molar-refractivity contribution in [2.24, 2.45) is 5.92 Å². The van der Waals surface area contributed by atoms with E-state index in [0.717, 1.165) is 12.3 Å². The number of aryl methyl sites for hydroxylation is 2. The molecule has 0 aliphatic carbocycles. The van der Waals surface area contributed by atoms with Crippen molar-refractivity contribution in [2.75, 3.05) is 0 Å². The number of fused-ring (bicyclic) bond motifs is 1. The average molecular weight is 450 g/mol. The molecule has 1 nitrogen and oxygen atoms in total. The maximum atomic E-state index is 4.15. The van der Waals surface area contributed by atoms with E-state index in [9.17, 15) is 0 Å². The van der Waals surface area contributed by atoms with Gasteiger partial charge in [0.1, 0.15) is 0 Å². The van der Waals surface area contributed by atoms with E-state index in [1.165, 1.54) is 32.3 Å². The number of pyridine rings is 1. The summed E-state index contributed by atoms with van der Waals surface area (Å²) in [5, 5.41) is 4.82. The Bertz CT molecular complexity index is 947. The fourth-order valence-corrected chi connectivity index (χ4v) is 3.44. The van der Waals surface area contributed by atoms with Gasteiger partial charge in [-0.15, -0.1) is 11.3 Å². The first kappa shape index (κ1) is 29.5. The molecule has 0 aliphatic rings. The van der Waals surface area contributed by atoms with Crippen LogP contribution in [0.1, 0.15) is 66.5 Å². The molecule has 0 fully saturated rings. The Morgan fingerprint density at radius 2 is 1.44 bits per heavy atom. The molecule has 0 amide bonds. The van der Waals surface area contributed by atoms with Crippen molar-refractivity contribution in [1.82, 2.24) is 4.98 Å². The van der Waals surface area contributed by atoms with Gasteiger partial charge in [-0.3, -0.25) is 4.98 Å². The molecule has 2 aromatic carbocycles. The van der Waals surface area contributed by atoms with Gasteiger partial charge in [-0.2, -0.15) is 0 Å². The van der Waals surface area contributed by atoms with Crippen molar-refractivity contribution >= 4 is 22.1 Å². The van der Waals surface area contributed by atoms with Gasteiger partial charge in [0.15, 0.2) is 0 Å². The zero-order valence-electron chi connectivity index (χ0n) is 21.6. The maximum Gasteiger partial charge on any atom is 0.0358 e. The van der Waals surface area contributed by atoms with E-state index in [-0.39, 0.29) is 0 Å². The number of thiophene rings is 1. The van der Waals surface area contributed by atoms with Crippen molar-refractivity contribution in [3.8, 4) is 10.4 Å². The van der Waals surface area contributed by atoms with Gasteiger partial charge in [0.05, 0.1) is 0 Å². The Balaban J connectivity index is 0.000000457. The fraction of sp³-hybridized carbons (Fsp3) is 0.367. The molecule has 2 heterocycles. The second kappa shape index (κ2) is 18.2. The summed E-state index contributed by atoms with van der Waals surface area (Å²) in [5.41, 5.74) is 3.86. The van der Waals surface area contributed by atoms with Crippen LogP contribution in [0.4, 0.5) is 0 Å². The molecule has 0 N–H and O–H groups in total. The van der Waals surface area contributed by atoms with Gasteiger partial charge >= 0.3 is 0 Å². The normalized spacial score (nSPS) is 9.19. The van der Waals surface area contributed by atoms with Crippen LogP contribution in [0.3, 0.4) is 0 Å². The number of benzene rings is 2. The van der Waals surface area contributed by atoms with Crippen molar-refractivity contribution in [3.05, 3.63) is 89.6 Å². The lowest BCUT2D eigenvalue weighted by Gasteiger charge is -2.02. The minimum absolute atomic E-state index is 0.833. The predicted molar refractivity (Wildman–Crippen MR) is 149 cm³/mol. The second-order valence-electron chi connectivity index (χ2n) is 7.45. The third-order valence-corrected chi connectivity index (χ3v) is 4.86. The Hall–Kier alpha value is -2.45. The van der Waals surface area contributed by atoms with Crippen molar-refractivity contribution in [1.29, 1.82) is 0 Å². The SMILES string of the molecule is CC.CC.CC(C)C.CCc1cccc2ccccc12.Cc1cncc(-c2cccs2)c1. The van der Waals surface area contributed by atoms with E-state index < -0.39 is 0 Å². The van der Waals surface area contributed by atoms with E-state index in [4.69, 9.17) is 0 Å². The van der Waals surface area contributed by atoms with Crippen LogP contribution >= 0.6 is 11.3 Å². The average Bonchev–Trinajstić information content (AvgIpc) is 3.37. The van der Waals surface area contributed by atoms with Crippen LogP contribution in [0.15, 0.2) is 78.4 Å². The topological polar surface area (TPSA) is 12.9 Å². The van der Waals surface area contributed by atoms with Crippen LogP contribution in [0, 0.1) is 12.8 Å². The summed E-state index contributed by atoms with van der Waals surface area (Å²) in [6.45, 7) is 18.8. The van der Waals surface area contributed by atoms with E-state index >= 15 is 0 Å². The molecular formula is C30H43NS. The summed E-state index contributed by atoms with van der Waals surface area (Å²) < 4.78 is 0. The minimum atomic E-state index is 0.833.